The number of benzene rings is 8. The Morgan fingerprint density at radius 1 is 0.418 bits per heavy atom. The van der Waals surface area contributed by atoms with E-state index in [4.69, 9.17) is 11.6 Å². The number of rotatable bonds is 24. The molecule has 141 heavy (non-hydrogen) atoms. The molecule has 4 fully saturated rings. The van der Waals surface area contributed by atoms with Crippen LogP contribution in [0, 0.1) is 11.6 Å². The normalized spacial score (nSPS) is 15.7. The van der Waals surface area contributed by atoms with E-state index < -0.39 is 52.2 Å². The van der Waals surface area contributed by atoms with Crippen molar-refractivity contribution in [3.05, 3.63) is 308 Å². The topological polar surface area (TPSA) is 373 Å². The lowest BCUT2D eigenvalue weighted by atomic mass is 9.89. The minimum atomic E-state index is -3.77. The van der Waals surface area contributed by atoms with E-state index in [2.05, 4.69) is 63.5 Å². The number of hydrogen-bond donors (Lipinski definition) is 4. The number of amides is 4. The Bertz CT molecular complexity index is 7420. The first kappa shape index (κ1) is 98.4. The van der Waals surface area contributed by atoms with E-state index >= 15 is 0 Å². The van der Waals surface area contributed by atoms with Gasteiger partial charge in [0, 0.05) is 205 Å². The van der Waals surface area contributed by atoms with E-state index in [0.717, 1.165) is 57.3 Å². The summed E-state index contributed by atoms with van der Waals surface area (Å²) >= 11 is 8.60. The van der Waals surface area contributed by atoms with Crippen LogP contribution in [0.25, 0.3) is 43.6 Å². The highest BCUT2D eigenvalue weighted by Gasteiger charge is 2.34. The zero-order chi connectivity index (χ0) is 98.9. The molecule has 8 aromatic carbocycles. The molecule has 8 aromatic heterocycles. The van der Waals surface area contributed by atoms with E-state index in [1.165, 1.54) is 72.0 Å². The fraction of sp³-hybridized carbons (Fsp3) is 0.253. The average molecular weight is 2060 g/mol. The molecule has 4 N–H and O–H groups in total. The van der Waals surface area contributed by atoms with Gasteiger partial charge < -0.3 is 52.6 Å². The molecule has 4 amide bonds. The number of para-hydroxylation sites is 1. The van der Waals surface area contributed by atoms with E-state index in [-0.39, 0.29) is 101 Å². The molecule has 20 rings (SSSR count). The zero-order valence-corrected chi connectivity index (χ0v) is 82.6. The van der Waals surface area contributed by atoms with E-state index in [0.29, 0.717) is 122 Å². The molecule has 744 valence electrons. The maximum absolute atomic E-state index is 14.1. The fourth-order valence-electron chi connectivity index (χ4n) is 17.9. The monoisotopic (exact) mass is 2050 g/mol. The highest BCUT2D eigenvalue weighted by molar-refractivity contribution is 7.93. The third kappa shape index (κ3) is 22.8. The van der Waals surface area contributed by atoms with Gasteiger partial charge in [0.25, 0.3) is 40.1 Å². The van der Waals surface area contributed by atoms with Crippen LogP contribution >= 0.6 is 34.3 Å². The van der Waals surface area contributed by atoms with Crippen molar-refractivity contribution in [2.75, 3.05) is 119 Å². The van der Waals surface area contributed by atoms with Gasteiger partial charge in [-0.1, -0.05) is 60.1 Å². The van der Waals surface area contributed by atoms with E-state index in [9.17, 15) is 61.6 Å². The lowest BCUT2D eigenvalue weighted by molar-refractivity contribution is -0.135. The summed E-state index contributed by atoms with van der Waals surface area (Å²) in [7, 11) is -14.9. The highest BCUT2D eigenvalue weighted by atomic mass is 35.5. The molecule has 0 saturated carbocycles. The van der Waals surface area contributed by atoms with Gasteiger partial charge in [0.2, 0.25) is 23.6 Å². The Labute approximate surface area is 837 Å². The summed E-state index contributed by atoms with van der Waals surface area (Å²) < 4.78 is 146. The summed E-state index contributed by atoms with van der Waals surface area (Å²) in [5.41, 5.74) is 7.17. The van der Waals surface area contributed by atoms with Crippen LogP contribution in [0.1, 0.15) is 80.1 Å². The number of fused-ring (bicyclic) bond motifs is 4. The molecule has 0 bridgehead atoms. The first-order valence-electron chi connectivity index (χ1n) is 45.4. The van der Waals surface area contributed by atoms with Gasteiger partial charge in [0.1, 0.15) is 60.6 Å². The maximum atomic E-state index is 14.1. The number of sulfonamides is 4. The number of halogens is 3. The average Bonchev–Trinajstić information content (AvgIpc) is 1.68. The van der Waals surface area contributed by atoms with Crippen molar-refractivity contribution >= 4 is 181 Å². The van der Waals surface area contributed by atoms with Crippen molar-refractivity contribution in [1.29, 1.82) is 0 Å². The Balaban J connectivity index is 0.000000199. The first-order chi connectivity index (χ1) is 67.9. The summed E-state index contributed by atoms with van der Waals surface area (Å²) in [6.07, 6.45) is 17.5. The summed E-state index contributed by atoms with van der Waals surface area (Å²) in [5, 5.41) is 7.92. The minimum absolute atomic E-state index is 0. The molecule has 16 aromatic rings. The van der Waals surface area contributed by atoms with Gasteiger partial charge in [-0.05, 0) is 227 Å². The molecule has 33 nitrogen and oxygen atoms in total. The SMILES string of the molecule is CC(C(=O)N1CCN(c2ccc(S(=O)(=O)Nc3nccs3)cc2)CC1)n1ccc2ccccc21.C[C@@H](C(=O)N1CCN(c2ccc(S(=O)(=O)Nc3ccncn3)cc2)CC1)n1ccc2c(F)cccc21.C[C@H](C(=O)N1CCC(c2ccc(S(=O)(=O)Nc3ccncn3)cc2)CC1)n1ccc2c(F)cccc21.C[C@H]1CN(c2ccc(S(=O)(=O)Nc3nccs3)cc2)CCN1C(=O)Cn1ccc2ccc(Cl)cc21.[HH].[HH].[HH].[HH].[HH].[HH].[HH]. The van der Waals surface area contributed by atoms with Gasteiger partial charge in [-0.3, -0.25) is 38.1 Å². The van der Waals surface area contributed by atoms with Crippen LogP contribution in [0.2, 0.25) is 5.02 Å². The molecule has 4 aliphatic heterocycles. The Kier molecular flexibility index (Phi) is 29.9. The molecule has 12 heterocycles. The Morgan fingerprint density at radius 3 is 1.27 bits per heavy atom. The molecule has 0 radical (unpaired) electrons. The van der Waals surface area contributed by atoms with Crippen molar-refractivity contribution in [3.8, 4) is 0 Å². The number of thiazole rings is 2. The number of anilines is 7. The van der Waals surface area contributed by atoms with Crippen molar-refractivity contribution < 1.29 is 71.6 Å². The smallest absolute Gasteiger partial charge is 0.263 e. The van der Waals surface area contributed by atoms with Crippen molar-refractivity contribution in [3.63, 3.8) is 0 Å². The molecular formula is C99H114ClF2N21O12S6. The largest absolute Gasteiger partial charge is 0.368 e. The van der Waals surface area contributed by atoms with Crippen molar-refractivity contribution in [2.24, 2.45) is 0 Å². The van der Waals surface area contributed by atoms with Crippen molar-refractivity contribution in [2.45, 2.75) is 96.7 Å². The predicted molar refractivity (Wildman–Crippen MR) is 558 cm³/mol. The van der Waals surface area contributed by atoms with Crippen LogP contribution in [0.15, 0.2) is 305 Å². The molecule has 4 atom stereocenters. The van der Waals surface area contributed by atoms with Gasteiger partial charge in [0.05, 0.1) is 30.6 Å². The number of nitrogens with one attached hydrogen (secondary N) is 4. The molecule has 1 unspecified atom stereocenters. The summed E-state index contributed by atoms with van der Waals surface area (Å²) in [4.78, 5) is 90.5. The number of nitrogens with zero attached hydrogens (tertiary/aromatic N) is 17. The number of aromatic nitrogens is 10. The third-order valence-electron chi connectivity index (χ3n) is 25.5. The molecular weight excluding hydrogens is 1940 g/mol. The van der Waals surface area contributed by atoms with Crippen LogP contribution in [-0.2, 0) is 65.8 Å². The number of hydrogen-bond acceptors (Lipinski definition) is 23. The zero-order valence-electron chi connectivity index (χ0n) is 76.9. The van der Waals surface area contributed by atoms with Gasteiger partial charge >= 0.3 is 0 Å². The quantitative estimate of drug-likeness (QED) is 0.0436. The van der Waals surface area contributed by atoms with Gasteiger partial charge in [-0.15, -0.1) is 22.7 Å². The molecule has 0 aliphatic carbocycles. The van der Waals surface area contributed by atoms with Gasteiger partial charge in [0.15, 0.2) is 10.3 Å². The second-order valence-electron chi connectivity index (χ2n) is 34.2. The number of likely N-dealkylation sites (tertiary alicyclic amines) is 1. The third-order valence-corrected chi connectivity index (χ3v) is 32.8. The van der Waals surface area contributed by atoms with Gasteiger partial charge in [-0.2, -0.15) is 0 Å². The lowest BCUT2D eigenvalue weighted by Gasteiger charge is -2.41. The molecule has 4 aliphatic rings. The molecule has 4 saturated heterocycles. The predicted octanol–water partition coefficient (Wildman–Crippen LogP) is 17.4. The minimum Gasteiger partial charge on any atom is -0.368 e. The number of piperidine rings is 1. The lowest BCUT2D eigenvalue weighted by Crippen LogP contribution is -2.54. The standard InChI is InChI=1S/C26H26FN5O3S.C25H25FN6O3S.C24H24ClN5O3S2.C24H25N5O3S2.7H2/c1-18(32-16-12-22-23(27)3-2-4-24(22)32)26(33)31-14-10-20(11-15-31)19-5-7-21(8-6-19)36(34,35)30-25-9-13-28-17-29-25;1-18(32-12-10-21-22(26)3-2-4-23(21)32)25(33)31-15-13-30(14-16-31)19-5-7-20(8-6-19)36(34,35)29-24-9-11-27-17-28-24;1-17-15-28(20-4-6-21(7-5-20)35(32,33)27-24-26-9-13-34-24)11-12-30(17)23(31)16-29-10-8-18-2-3-19(25)14-22(18)29;1-18(29-12-10-19-4-2-3-5-22(19)29)23(30)28-15-13-27(14-16-28)20-6-8-21(9-7-20)34(31,32)26-24-25-11-17-33-24;;;;;;;/h2-9,12-13,16-18,20H,10-11,14-15H2,1H3,(H,28,29,30);2-12,17-18H,13-16H2,1H3,(H,27,28,29);2-10,13-14,17H,11-12,15-16H2,1H3,(H,26,27);2-12,17-18H,13-16H2,1H3,(H,25,26);7*1H/t2*18-;17-;;;;;;;;/m100......../s1. The van der Waals surface area contributed by atoms with Crippen LogP contribution < -0.4 is 33.6 Å². The summed E-state index contributed by atoms with van der Waals surface area (Å²) in [6, 6.07) is 59.8. The van der Waals surface area contributed by atoms with Crippen LogP contribution in [-0.4, -0.2) is 216 Å². The summed E-state index contributed by atoms with van der Waals surface area (Å²) in [6.45, 7) is 15.9. The van der Waals surface area contributed by atoms with E-state index in [1.54, 1.807) is 133 Å². The number of carbonyl (C=O) groups is 4. The van der Waals surface area contributed by atoms with Gasteiger partial charge in [-0.25, -0.2) is 72.4 Å². The van der Waals surface area contributed by atoms with Crippen LogP contribution in [0.4, 0.5) is 47.7 Å². The number of carbonyl (C=O) groups excluding carboxylic acids is 4. The van der Waals surface area contributed by atoms with E-state index in [1.807, 2.05) is 169 Å². The first-order valence-corrected chi connectivity index (χ1v) is 53.5. The second kappa shape index (κ2) is 42.8. The second-order valence-corrected chi connectivity index (χ2v) is 43.1. The Morgan fingerprint density at radius 2 is 0.823 bits per heavy atom. The summed E-state index contributed by atoms with van der Waals surface area (Å²) in [5.74, 6) is 0.192. The number of piperazine rings is 3. The highest BCUT2D eigenvalue weighted by Crippen LogP contribution is 2.35. The fourth-order valence-corrected chi connectivity index (χ4v) is 23.6. The molecule has 42 heteroatoms. The van der Waals surface area contributed by atoms with Crippen molar-refractivity contribution in [1.82, 2.24) is 67.8 Å². The van der Waals surface area contributed by atoms with Crippen LogP contribution in [0.5, 0.6) is 0 Å². The Hall–Kier alpha value is -14.2. The van der Waals surface area contributed by atoms with Crippen LogP contribution in [0.3, 0.4) is 0 Å². The molecule has 0 spiro atoms. The maximum Gasteiger partial charge on any atom is 0.263 e.